The Bertz CT molecular complexity index is 1020. The Morgan fingerprint density at radius 3 is 2.50 bits per heavy atom. The van der Waals surface area contributed by atoms with Gasteiger partial charge in [-0.3, -0.25) is 19.3 Å². The number of para-hydroxylation sites is 2. The topological polar surface area (TPSA) is 161 Å². The molecule has 1 fully saturated rings. The predicted molar refractivity (Wildman–Crippen MR) is 147 cm³/mol. The number of hydrazone groups is 1. The fourth-order valence-electron chi connectivity index (χ4n) is 4.90. The van der Waals surface area contributed by atoms with E-state index >= 15 is 0 Å². The van der Waals surface area contributed by atoms with Crippen molar-refractivity contribution in [2.45, 2.75) is 51.1 Å². The van der Waals surface area contributed by atoms with Gasteiger partial charge in [-0.25, -0.2) is 10.2 Å². The first kappa shape index (κ1) is 28.9. The maximum Gasteiger partial charge on any atom is 0.335 e. The van der Waals surface area contributed by atoms with Crippen molar-refractivity contribution in [1.82, 2.24) is 21.4 Å². The number of rotatable bonds is 9. The number of carbonyl (C=O) groups excluding carboxylic acids is 4. The minimum atomic E-state index is -0.752. The lowest BCUT2D eigenvalue weighted by atomic mass is 9.81. The molecular weight excluding hydrogens is 488 g/mol. The molecule has 2 atom stereocenters. The third-order valence-corrected chi connectivity index (χ3v) is 7.16. The van der Waals surface area contributed by atoms with E-state index in [4.69, 9.17) is 5.73 Å². The number of carbonyl (C=O) groups is 4. The van der Waals surface area contributed by atoms with Gasteiger partial charge in [0.05, 0.1) is 17.4 Å². The van der Waals surface area contributed by atoms with Gasteiger partial charge in [0.25, 0.3) is 0 Å². The third kappa shape index (κ3) is 7.67. The maximum atomic E-state index is 12.9. The first-order valence-electron chi connectivity index (χ1n) is 13.2. The number of nitrogens with zero attached hydrogens (tertiary/aromatic N) is 3. The van der Waals surface area contributed by atoms with Gasteiger partial charge in [0.1, 0.15) is 12.6 Å². The number of nitrogens with one attached hydrogen (secondary N) is 4. The summed E-state index contributed by atoms with van der Waals surface area (Å²) in [5.41, 5.74) is 9.97. The van der Waals surface area contributed by atoms with Gasteiger partial charge in [0, 0.05) is 39.3 Å². The molecule has 2 aliphatic rings. The molecule has 0 radical (unpaired) electrons. The van der Waals surface area contributed by atoms with E-state index in [0.29, 0.717) is 31.1 Å². The summed E-state index contributed by atoms with van der Waals surface area (Å²) in [6.07, 6.45) is 5.42. The lowest BCUT2D eigenvalue weighted by molar-refractivity contribution is -0.125. The van der Waals surface area contributed by atoms with Crippen LogP contribution in [0.1, 0.15) is 39.0 Å². The predicted octanol–water partition coefficient (Wildman–Crippen LogP) is 0.529. The molecule has 6 N–H and O–H groups in total. The molecule has 1 aromatic rings. The fourth-order valence-corrected chi connectivity index (χ4v) is 4.90. The Kier molecular flexibility index (Phi) is 10.5. The van der Waals surface area contributed by atoms with E-state index in [2.05, 4.69) is 26.5 Å². The Hall–Kier alpha value is -3.67. The average molecular weight is 529 g/mol. The van der Waals surface area contributed by atoms with Crippen molar-refractivity contribution in [3.05, 3.63) is 24.3 Å². The van der Waals surface area contributed by atoms with Crippen molar-refractivity contribution < 1.29 is 19.2 Å². The zero-order chi connectivity index (χ0) is 27.7. The molecule has 0 unspecified atom stereocenters. The van der Waals surface area contributed by atoms with Gasteiger partial charge in [-0.15, -0.1) is 0 Å². The van der Waals surface area contributed by atoms with Crippen LogP contribution < -0.4 is 36.9 Å². The number of nitrogens with two attached hydrogens (primary N) is 1. The number of urea groups is 1. The van der Waals surface area contributed by atoms with E-state index in [0.717, 1.165) is 31.4 Å². The summed E-state index contributed by atoms with van der Waals surface area (Å²) >= 11 is 0. The molecule has 1 saturated carbocycles. The summed E-state index contributed by atoms with van der Waals surface area (Å²) in [5, 5.41) is 12.3. The molecule has 12 nitrogen and oxygen atoms in total. The molecule has 5 amide bonds. The largest absolute Gasteiger partial charge is 0.371 e. The van der Waals surface area contributed by atoms with Gasteiger partial charge in [-0.1, -0.05) is 19.1 Å². The number of anilines is 2. The fraction of sp³-hybridized carbons (Fsp3) is 0.577. The van der Waals surface area contributed by atoms with Crippen LogP contribution in [0.3, 0.4) is 0 Å². The second kappa shape index (κ2) is 13.8. The molecule has 1 aliphatic carbocycles. The summed E-state index contributed by atoms with van der Waals surface area (Å²) in [7, 11) is 3.51. The summed E-state index contributed by atoms with van der Waals surface area (Å²) < 4.78 is 0. The second-order valence-electron chi connectivity index (χ2n) is 9.91. The van der Waals surface area contributed by atoms with Gasteiger partial charge in [0.15, 0.2) is 0 Å². The van der Waals surface area contributed by atoms with Crippen LogP contribution in [0, 0.1) is 11.8 Å². The van der Waals surface area contributed by atoms with Crippen LogP contribution in [0.25, 0.3) is 0 Å². The standard InChI is InChI=1S/C26H40N8O4/c1-4-19(14-30-32-26(38)29-13-17-9-11-18(12-10-17)24(36)28-2)31-23(35)16-34-22-8-6-5-7-21(22)33(3)15-20(27)25(34)37/h5-8,14,17-20H,4,9-13,15-16,27H2,1-3H3,(H,28,36)(H,31,35)(H2,29,32,38)/b30-14+/t17?,18?,19-,20-/m0/s1. The zero-order valence-corrected chi connectivity index (χ0v) is 22.4. The Labute approximate surface area is 223 Å². The SMILES string of the molecule is CC[C@@H](/C=N/NC(=O)NCC1CCC(C(=O)NC)CC1)NC(=O)CN1C(=O)[C@@H](N)CN(C)c2ccccc21. The van der Waals surface area contributed by atoms with Crippen molar-refractivity contribution in [2.75, 3.05) is 43.5 Å². The number of hydrogen-bond acceptors (Lipinski definition) is 7. The first-order valence-corrected chi connectivity index (χ1v) is 13.2. The van der Waals surface area contributed by atoms with E-state index in [1.165, 1.54) is 11.1 Å². The lowest BCUT2D eigenvalue weighted by Crippen LogP contribution is -2.50. The Morgan fingerprint density at radius 1 is 1.16 bits per heavy atom. The monoisotopic (exact) mass is 528 g/mol. The highest BCUT2D eigenvalue weighted by Crippen LogP contribution is 2.31. The van der Waals surface area contributed by atoms with Crippen molar-refractivity contribution in [2.24, 2.45) is 22.7 Å². The van der Waals surface area contributed by atoms with Gasteiger partial charge in [0.2, 0.25) is 17.7 Å². The van der Waals surface area contributed by atoms with Crippen LogP contribution in [-0.2, 0) is 14.4 Å². The number of fused-ring (bicyclic) bond motifs is 1. The van der Waals surface area contributed by atoms with Crippen LogP contribution in [-0.4, -0.2) is 75.8 Å². The van der Waals surface area contributed by atoms with Crippen LogP contribution in [0.2, 0.25) is 0 Å². The zero-order valence-electron chi connectivity index (χ0n) is 22.4. The molecule has 38 heavy (non-hydrogen) atoms. The van der Waals surface area contributed by atoms with Crippen LogP contribution in [0.15, 0.2) is 29.4 Å². The number of amides is 5. The molecule has 1 heterocycles. The molecule has 1 aromatic carbocycles. The maximum absolute atomic E-state index is 12.9. The van der Waals surface area contributed by atoms with Crippen molar-refractivity contribution in [3.8, 4) is 0 Å². The van der Waals surface area contributed by atoms with Crippen LogP contribution in [0.5, 0.6) is 0 Å². The van der Waals surface area contributed by atoms with E-state index in [9.17, 15) is 19.2 Å². The number of hydrogen-bond donors (Lipinski definition) is 5. The highest BCUT2D eigenvalue weighted by molar-refractivity contribution is 6.05. The average Bonchev–Trinajstić information content (AvgIpc) is 3.01. The minimum absolute atomic E-state index is 0.0566. The lowest BCUT2D eigenvalue weighted by Gasteiger charge is -2.27. The van der Waals surface area contributed by atoms with E-state index in [1.54, 1.807) is 13.1 Å². The molecule has 0 spiro atoms. The summed E-state index contributed by atoms with van der Waals surface area (Å²) in [6.45, 7) is 2.56. The molecule has 0 aromatic heterocycles. The minimum Gasteiger partial charge on any atom is -0.371 e. The summed E-state index contributed by atoms with van der Waals surface area (Å²) in [4.78, 5) is 53.0. The van der Waals surface area contributed by atoms with Gasteiger partial charge in [-0.2, -0.15) is 5.10 Å². The quantitative estimate of drug-likeness (QED) is 0.232. The van der Waals surface area contributed by atoms with Crippen molar-refractivity contribution in [3.63, 3.8) is 0 Å². The van der Waals surface area contributed by atoms with Crippen molar-refractivity contribution >= 4 is 41.3 Å². The Morgan fingerprint density at radius 2 is 1.84 bits per heavy atom. The summed E-state index contributed by atoms with van der Waals surface area (Å²) in [5.74, 6) is -0.214. The summed E-state index contributed by atoms with van der Waals surface area (Å²) in [6, 6.07) is 5.76. The molecule has 12 heteroatoms. The van der Waals surface area contributed by atoms with Crippen LogP contribution in [0.4, 0.5) is 16.2 Å². The molecular formula is C26H40N8O4. The highest BCUT2D eigenvalue weighted by Gasteiger charge is 2.31. The molecule has 208 valence electrons. The van der Waals surface area contributed by atoms with Gasteiger partial charge in [-0.05, 0) is 50.2 Å². The third-order valence-electron chi connectivity index (χ3n) is 7.16. The highest BCUT2D eigenvalue weighted by atomic mass is 16.2. The Balaban J connectivity index is 1.46. The molecule has 1 aliphatic heterocycles. The molecule has 0 saturated heterocycles. The van der Waals surface area contributed by atoms with Crippen molar-refractivity contribution in [1.29, 1.82) is 0 Å². The van der Waals surface area contributed by atoms with E-state index < -0.39 is 18.1 Å². The van der Waals surface area contributed by atoms with Gasteiger partial charge < -0.3 is 26.6 Å². The van der Waals surface area contributed by atoms with Gasteiger partial charge >= 0.3 is 6.03 Å². The first-order chi connectivity index (χ1) is 18.2. The number of benzene rings is 1. The van der Waals surface area contributed by atoms with E-state index in [-0.39, 0.29) is 30.2 Å². The van der Waals surface area contributed by atoms with E-state index in [1.807, 2.05) is 37.1 Å². The molecule has 0 bridgehead atoms. The smallest absolute Gasteiger partial charge is 0.335 e. The number of likely N-dealkylation sites (N-methyl/N-ethyl adjacent to an activating group) is 1. The second-order valence-corrected chi connectivity index (χ2v) is 9.91. The molecule has 3 rings (SSSR count). The normalized spacial score (nSPS) is 22.3. The van der Waals surface area contributed by atoms with Crippen LogP contribution >= 0.6 is 0 Å².